The van der Waals surface area contributed by atoms with Crippen LogP contribution in [0.3, 0.4) is 0 Å². The van der Waals surface area contributed by atoms with Crippen LogP contribution in [0.2, 0.25) is 0 Å². The Bertz CT molecular complexity index is 1010. The lowest BCUT2D eigenvalue weighted by atomic mass is 10.2. The molecule has 0 unspecified atom stereocenters. The number of nitrogens with zero attached hydrogens (tertiary/aromatic N) is 3. The van der Waals surface area contributed by atoms with Gasteiger partial charge in [-0.2, -0.15) is 0 Å². The van der Waals surface area contributed by atoms with Crippen molar-refractivity contribution in [3.63, 3.8) is 0 Å². The molecule has 0 spiro atoms. The molecule has 0 saturated carbocycles. The number of rotatable bonds is 9. The number of methoxy groups -OCH3 is 2. The van der Waals surface area contributed by atoms with Gasteiger partial charge in [-0.25, -0.2) is 0 Å². The average molecular weight is 445 g/mol. The van der Waals surface area contributed by atoms with E-state index in [0.717, 1.165) is 5.82 Å². The maximum absolute atomic E-state index is 12.4. The number of carbonyl (C=O) groups excluding carboxylic acids is 1. The zero-order chi connectivity index (χ0) is 21.5. The number of nitrogens with one attached hydrogen (secondary N) is 1. The molecular weight excluding hydrogens is 420 g/mol. The molecule has 0 radical (unpaired) electrons. The molecule has 0 aliphatic heterocycles. The van der Waals surface area contributed by atoms with Gasteiger partial charge in [-0.15, -0.1) is 22.0 Å². The number of hydrogen-bond donors (Lipinski definition) is 1. The largest absolute Gasteiger partial charge is 0.497 e. The molecule has 1 aromatic heterocycles. The fraction of sp³-hybridized carbons (Fsp3) is 0.286. The zero-order valence-corrected chi connectivity index (χ0v) is 19.0. The van der Waals surface area contributed by atoms with Crippen LogP contribution in [0.1, 0.15) is 11.4 Å². The Morgan fingerprint density at radius 1 is 1.07 bits per heavy atom. The quantitative estimate of drug-likeness (QED) is 0.497. The molecule has 1 amide bonds. The predicted molar refractivity (Wildman–Crippen MR) is 121 cm³/mol. The van der Waals surface area contributed by atoms with E-state index in [2.05, 4.69) is 46.7 Å². The summed E-state index contributed by atoms with van der Waals surface area (Å²) in [7, 11) is 5.05. The summed E-state index contributed by atoms with van der Waals surface area (Å²) in [4.78, 5) is 13.6. The number of ether oxygens (including phenoxy) is 2. The van der Waals surface area contributed by atoms with Gasteiger partial charge in [0.2, 0.25) is 5.91 Å². The second-order valence-corrected chi connectivity index (χ2v) is 8.45. The Morgan fingerprint density at radius 3 is 2.53 bits per heavy atom. The number of carbonyl (C=O) groups is 1. The molecule has 1 heterocycles. The van der Waals surface area contributed by atoms with Gasteiger partial charge in [0.25, 0.3) is 0 Å². The van der Waals surface area contributed by atoms with Crippen LogP contribution in [0.25, 0.3) is 0 Å². The number of thioether (sulfide) groups is 2. The van der Waals surface area contributed by atoms with Gasteiger partial charge >= 0.3 is 0 Å². The van der Waals surface area contributed by atoms with E-state index in [-0.39, 0.29) is 11.7 Å². The molecule has 0 atom stereocenters. The van der Waals surface area contributed by atoms with Crippen LogP contribution in [0, 0.1) is 6.92 Å². The SMILES string of the molecule is COc1ccc(NC(=O)CSc2nnc(CSc3ccc(C)cc3)n2C)c(OC)c1. The van der Waals surface area contributed by atoms with Gasteiger partial charge in [0.1, 0.15) is 17.3 Å². The third kappa shape index (κ3) is 5.70. The minimum Gasteiger partial charge on any atom is -0.497 e. The fourth-order valence-electron chi connectivity index (χ4n) is 2.60. The second kappa shape index (κ2) is 10.4. The highest BCUT2D eigenvalue weighted by molar-refractivity contribution is 7.99. The van der Waals surface area contributed by atoms with Crippen LogP contribution in [-0.2, 0) is 17.6 Å². The molecule has 30 heavy (non-hydrogen) atoms. The standard InChI is InChI=1S/C21H24N4O3S2/c1-14-5-8-16(9-6-14)29-12-19-23-24-21(25(19)2)30-13-20(26)22-17-10-7-15(27-3)11-18(17)28-4/h5-11H,12-13H2,1-4H3,(H,22,26). The Morgan fingerprint density at radius 2 is 1.83 bits per heavy atom. The first-order valence-electron chi connectivity index (χ1n) is 9.22. The Labute approximate surface area is 184 Å². The summed E-state index contributed by atoms with van der Waals surface area (Å²) in [5, 5.41) is 12.0. The van der Waals surface area contributed by atoms with Gasteiger partial charge < -0.3 is 19.4 Å². The van der Waals surface area contributed by atoms with E-state index in [0.29, 0.717) is 28.1 Å². The van der Waals surface area contributed by atoms with Crippen LogP contribution in [0.5, 0.6) is 11.5 Å². The summed E-state index contributed by atoms with van der Waals surface area (Å²) in [6.07, 6.45) is 0. The molecular formula is C21H24N4O3S2. The summed E-state index contributed by atoms with van der Waals surface area (Å²) in [5.74, 6) is 2.84. The molecule has 7 nitrogen and oxygen atoms in total. The fourth-order valence-corrected chi connectivity index (χ4v) is 4.20. The normalized spacial score (nSPS) is 10.7. The smallest absolute Gasteiger partial charge is 0.234 e. The summed E-state index contributed by atoms with van der Waals surface area (Å²) < 4.78 is 12.4. The molecule has 0 bridgehead atoms. The molecule has 0 fully saturated rings. The van der Waals surface area contributed by atoms with Crippen molar-refractivity contribution in [3.05, 3.63) is 53.9 Å². The molecule has 158 valence electrons. The summed E-state index contributed by atoms with van der Waals surface area (Å²) in [5.41, 5.74) is 1.83. The van der Waals surface area contributed by atoms with Gasteiger partial charge in [0.05, 0.1) is 31.4 Å². The minimum atomic E-state index is -0.151. The lowest BCUT2D eigenvalue weighted by molar-refractivity contribution is -0.113. The minimum absolute atomic E-state index is 0.151. The van der Waals surface area contributed by atoms with E-state index >= 15 is 0 Å². The van der Waals surface area contributed by atoms with Gasteiger partial charge in [-0.05, 0) is 31.2 Å². The number of anilines is 1. The summed E-state index contributed by atoms with van der Waals surface area (Å²) >= 11 is 3.05. The maximum Gasteiger partial charge on any atom is 0.234 e. The van der Waals surface area contributed by atoms with E-state index in [1.807, 2.05) is 11.6 Å². The first-order valence-corrected chi connectivity index (χ1v) is 11.2. The van der Waals surface area contributed by atoms with Crippen LogP contribution in [0.4, 0.5) is 5.69 Å². The molecule has 0 aliphatic rings. The average Bonchev–Trinajstić information content (AvgIpc) is 3.11. The number of aromatic nitrogens is 3. The monoisotopic (exact) mass is 444 g/mol. The zero-order valence-electron chi connectivity index (χ0n) is 17.3. The first-order chi connectivity index (χ1) is 14.5. The highest BCUT2D eigenvalue weighted by atomic mass is 32.2. The van der Waals surface area contributed by atoms with Crippen molar-refractivity contribution in [3.8, 4) is 11.5 Å². The van der Waals surface area contributed by atoms with Crippen molar-refractivity contribution >= 4 is 35.1 Å². The van der Waals surface area contributed by atoms with Gasteiger partial charge in [-0.3, -0.25) is 4.79 Å². The molecule has 2 aromatic carbocycles. The van der Waals surface area contributed by atoms with Crippen molar-refractivity contribution in [1.29, 1.82) is 0 Å². The molecule has 0 saturated heterocycles. The van der Waals surface area contributed by atoms with E-state index in [4.69, 9.17) is 9.47 Å². The van der Waals surface area contributed by atoms with E-state index in [1.54, 1.807) is 44.2 Å². The predicted octanol–water partition coefficient (Wildman–Crippen LogP) is 4.16. The molecule has 1 N–H and O–H groups in total. The number of aryl methyl sites for hydroxylation is 1. The highest BCUT2D eigenvalue weighted by Crippen LogP contribution is 2.29. The topological polar surface area (TPSA) is 78.3 Å². The maximum atomic E-state index is 12.4. The lowest BCUT2D eigenvalue weighted by Crippen LogP contribution is -2.15. The van der Waals surface area contributed by atoms with E-state index in [9.17, 15) is 4.79 Å². The Hall–Kier alpha value is -2.65. The number of hydrogen-bond acceptors (Lipinski definition) is 7. The van der Waals surface area contributed by atoms with Crippen molar-refractivity contribution in [2.75, 3.05) is 25.3 Å². The van der Waals surface area contributed by atoms with Crippen LogP contribution >= 0.6 is 23.5 Å². The van der Waals surface area contributed by atoms with Gasteiger partial charge in [0, 0.05) is 18.0 Å². The number of benzene rings is 2. The van der Waals surface area contributed by atoms with E-state index in [1.165, 1.54) is 22.2 Å². The Balaban J connectivity index is 1.54. The third-order valence-electron chi connectivity index (χ3n) is 4.33. The van der Waals surface area contributed by atoms with Crippen molar-refractivity contribution in [2.24, 2.45) is 7.05 Å². The van der Waals surface area contributed by atoms with Crippen LogP contribution in [0.15, 0.2) is 52.5 Å². The molecule has 3 aromatic rings. The molecule has 3 rings (SSSR count). The van der Waals surface area contributed by atoms with Gasteiger partial charge in [-0.1, -0.05) is 29.5 Å². The molecule has 0 aliphatic carbocycles. The number of amides is 1. The second-order valence-electron chi connectivity index (χ2n) is 6.46. The summed E-state index contributed by atoms with van der Waals surface area (Å²) in [6, 6.07) is 13.6. The molecule has 9 heteroatoms. The van der Waals surface area contributed by atoms with Crippen molar-refractivity contribution < 1.29 is 14.3 Å². The summed E-state index contributed by atoms with van der Waals surface area (Å²) in [6.45, 7) is 2.07. The van der Waals surface area contributed by atoms with Gasteiger partial charge in [0.15, 0.2) is 5.16 Å². The highest BCUT2D eigenvalue weighted by Gasteiger charge is 2.13. The van der Waals surface area contributed by atoms with Crippen molar-refractivity contribution in [2.45, 2.75) is 22.7 Å². The lowest BCUT2D eigenvalue weighted by Gasteiger charge is -2.11. The Kier molecular flexibility index (Phi) is 7.64. The van der Waals surface area contributed by atoms with Crippen LogP contribution < -0.4 is 14.8 Å². The van der Waals surface area contributed by atoms with E-state index < -0.39 is 0 Å². The first kappa shape index (κ1) is 22.0. The van der Waals surface area contributed by atoms with Crippen LogP contribution in [-0.4, -0.2) is 40.6 Å². The van der Waals surface area contributed by atoms with Crippen molar-refractivity contribution in [1.82, 2.24) is 14.8 Å². The third-order valence-corrected chi connectivity index (χ3v) is 6.36.